The Labute approximate surface area is 93.4 Å². The maximum atomic E-state index is 4.71. The van der Waals surface area contributed by atoms with Gasteiger partial charge in [0.05, 0.1) is 5.71 Å². The fourth-order valence-corrected chi connectivity index (χ4v) is 1.64. The lowest BCUT2D eigenvalue weighted by Crippen LogP contribution is -2.03. The van der Waals surface area contributed by atoms with Crippen molar-refractivity contribution in [2.24, 2.45) is 5.16 Å². The number of pyridine rings is 1. The summed E-state index contributed by atoms with van der Waals surface area (Å²) >= 11 is 6.62. The van der Waals surface area contributed by atoms with Crippen LogP contribution in [0, 0.1) is 0 Å². The Balaban J connectivity index is 2.98. The zero-order chi connectivity index (χ0) is 9.68. The molecule has 0 fully saturated rings. The van der Waals surface area contributed by atoms with Crippen LogP contribution in [0.5, 0.6) is 0 Å². The van der Waals surface area contributed by atoms with Gasteiger partial charge in [-0.1, -0.05) is 21.1 Å². The van der Waals surface area contributed by atoms with Crippen LogP contribution in [0.2, 0.25) is 0 Å². The smallest absolute Gasteiger partial charge is 0.106 e. The first kappa shape index (κ1) is 10.7. The van der Waals surface area contributed by atoms with Crippen LogP contribution >= 0.6 is 31.9 Å². The van der Waals surface area contributed by atoms with Crippen LogP contribution in [0.4, 0.5) is 0 Å². The maximum absolute atomic E-state index is 4.71. The van der Waals surface area contributed by atoms with E-state index in [0.717, 1.165) is 15.9 Å². The van der Waals surface area contributed by atoms with Gasteiger partial charge in [0.25, 0.3) is 0 Å². The van der Waals surface area contributed by atoms with E-state index in [-0.39, 0.29) is 0 Å². The van der Waals surface area contributed by atoms with Gasteiger partial charge >= 0.3 is 0 Å². The molecule has 1 aromatic rings. The molecule has 0 aliphatic heterocycles. The fourth-order valence-electron chi connectivity index (χ4n) is 0.846. The Morgan fingerprint density at radius 1 is 1.69 bits per heavy atom. The minimum atomic E-state index is 0.650. The zero-order valence-corrected chi connectivity index (χ0v) is 10.2. The highest BCUT2D eigenvalue weighted by atomic mass is 79.9. The summed E-state index contributed by atoms with van der Waals surface area (Å²) in [6.07, 6.45) is 1.72. The number of hydrogen-bond donors (Lipinski definition) is 0. The average molecular weight is 308 g/mol. The second kappa shape index (κ2) is 5.34. The van der Waals surface area contributed by atoms with E-state index in [1.54, 1.807) is 6.20 Å². The predicted octanol–water partition coefficient (Wildman–Crippen LogP) is 2.59. The van der Waals surface area contributed by atoms with Crippen LogP contribution in [0.15, 0.2) is 28.1 Å². The van der Waals surface area contributed by atoms with Gasteiger partial charge < -0.3 is 4.84 Å². The Hall–Kier alpha value is -0.420. The van der Waals surface area contributed by atoms with Gasteiger partial charge in [0, 0.05) is 17.1 Å². The second-order valence-electron chi connectivity index (χ2n) is 2.22. The van der Waals surface area contributed by atoms with Crippen molar-refractivity contribution in [3.05, 3.63) is 28.5 Å². The number of oxime groups is 1. The third-order valence-electron chi connectivity index (χ3n) is 1.39. The van der Waals surface area contributed by atoms with Crippen molar-refractivity contribution in [2.45, 2.75) is 0 Å². The molecule has 1 rings (SSSR count). The minimum Gasteiger partial charge on any atom is -0.399 e. The molecule has 5 heteroatoms. The van der Waals surface area contributed by atoms with Crippen LogP contribution < -0.4 is 0 Å². The van der Waals surface area contributed by atoms with E-state index < -0.39 is 0 Å². The Morgan fingerprint density at radius 3 is 3.00 bits per heavy atom. The molecule has 13 heavy (non-hydrogen) atoms. The molecule has 0 unspecified atom stereocenters. The maximum Gasteiger partial charge on any atom is 0.106 e. The van der Waals surface area contributed by atoms with Gasteiger partial charge in [-0.2, -0.15) is 0 Å². The van der Waals surface area contributed by atoms with Crippen molar-refractivity contribution in [3.63, 3.8) is 0 Å². The van der Waals surface area contributed by atoms with Gasteiger partial charge in [0.15, 0.2) is 0 Å². The van der Waals surface area contributed by atoms with Gasteiger partial charge in [-0.05, 0) is 28.1 Å². The van der Waals surface area contributed by atoms with E-state index in [1.807, 2.05) is 12.1 Å². The lowest BCUT2D eigenvalue weighted by atomic mass is 10.2. The molecule has 0 saturated carbocycles. The van der Waals surface area contributed by atoms with Gasteiger partial charge in [-0.3, -0.25) is 0 Å². The lowest BCUT2D eigenvalue weighted by molar-refractivity contribution is 0.213. The molecule has 0 aliphatic carbocycles. The number of rotatable bonds is 3. The van der Waals surface area contributed by atoms with Crippen LogP contribution in [0.3, 0.4) is 0 Å². The molecular weight excluding hydrogens is 300 g/mol. The molecule has 1 aromatic heterocycles. The SMILES string of the molecule is CON=C(CBr)c1ccnc(Br)c1. The molecule has 0 saturated heterocycles. The van der Waals surface area contributed by atoms with Crippen molar-refractivity contribution in [1.29, 1.82) is 0 Å². The van der Waals surface area contributed by atoms with Gasteiger partial charge in [0.1, 0.15) is 11.7 Å². The first-order valence-electron chi connectivity index (χ1n) is 3.56. The molecule has 0 spiro atoms. The predicted molar refractivity (Wildman–Crippen MR) is 59.3 cm³/mol. The Bertz CT molecular complexity index is 315. The fraction of sp³-hybridized carbons (Fsp3) is 0.250. The third-order valence-corrected chi connectivity index (χ3v) is 2.35. The van der Waals surface area contributed by atoms with Crippen molar-refractivity contribution in [1.82, 2.24) is 4.98 Å². The lowest BCUT2D eigenvalue weighted by Gasteiger charge is -2.01. The van der Waals surface area contributed by atoms with Crippen molar-refractivity contribution < 1.29 is 4.84 Å². The topological polar surface area (TPSA) is 34.5 Å². The summed E-state index contributed by atoms with van der Waals surface area (Å²) in [5.74, 6) is 0. The molecule has 0 aliphatic rings. The number of hydrogen-bond acceptors (Lipinski definition) is 3. The summed E-state index contributed by atoms with van der Waals surface area (Å²) in [6.45, 7) is 0. The first-order valence-corrected chi connectivity index (χ1v) is 5.47. The highest BCUT2D eigenvalue weighted by molar-refractivity contribution is 9.10. The monoisotopic (exact) mass is 306 g/mol. The number of aromatic nitrogens is 1. The first-order chi connectivity index (χ1) is 6.27. The van der Waals surface area contributed by atoms with Gasteiger partial charge in [0.2, 0.25) is 0 Å². The molecule has 0 amide bonds. The summed E-state index contributed by atoms with van der Waals surface area (Å²) in [6, 6.07) is 3.77. The summed E-state index contributed by atoms with van der Waals surface area (Å²) in [4.78, 5) is 8.73. The van der Waals surface area contributed by atoms with Crippen LogP contribution in [-0.4, -0.2) is 23.1 Å². The summed E-state index contributed by atoms with van der Waals surface area (Å²) < 4.78 is 0.787. The van der Waals surface area contributed by atoms with Crippen LogP contribution in [0.25, 0.3) is 0 Å². The summed E-state index contributed by atoms with van der Waals surface area (Å²) in [5.41, 5.74) is 1.83. The minimum absolute atomic E-state index is 0.650. The molecule has 1 heterocycles. The third kappa shape index (κ3) is 3.08. The summed E-state index contributed by atoms with van der Waals surface area (Å²) in [7, 11) is 1.53. The summed E-state index contributed by atoms with van der Waals surface area (Å²) in [5, 5.41) is 4.53. The molecular formula is C8H8Br2N2O. The zero-order valence-electron chi connectivity index (χ0n) is 7.00. The van der Waals surface area contributed by atoms with Crippen LogP contribution in [-0.2, 0) is 4.84 Å². The highest BCUT2D eigenvalue weighted by Gasteiger charge is 2.02. The van der Waals surface area contributed by atoms with E-state index in [4.69, 9.17) is 4.84 Å². The largest absolute Gasteiger partial charge is 0.399 e. The number of nitrogens with zero attached hydrogens (tertiary/aromatic N) is 2. The number of halogens is 2. The standard InChI is InChI=1S/C8H8Br2N2O/c1-13-12-7(5-9)6-2-3-11-8(10)4-6/h2-4H,5H2,1H3. The Kier molecular flexibility index (Phi) is 4.38. The van der Waals surface area contributed by atoms with E-state index in [1.165, 1.54) is 7.11 Å². The Morgan fingerprint density at radius 2 is 2.46 bits per heavy atom. The quantitative estimate of drug-likeness (QED) is 0.372. The van der Waals surface area contributed by atoms with E-state index in [9.17, 15) is 0 Å². The van der Waals surface area contributed by atoms with Crippen molar-refractivity contribution in [2.75, 3.05) is 12.4 Å². The second-order valence-corrected chi connectivity index (χ2v) is 3.59. The molecule has 0 aromatic carbocycles. The number of alkyl halides is 1. The van der Waals surface area contributed by atoms with Crippen LogP contribution in [0.1, 0.15) is 5.56 Å². The van der Waals surface area contributed by atoms with Gasteiger partial charge in [-0.15, -0.1) is 0 Å². The normalized spacial score (nSPS) is 11.5. The molecule has 0 bridgehead atoms. The van der Waals surface area contributed by atoms with Gasteiger partial charge in [-0.25, -0.2) is 4.98 Å². The average Bonchev–Trinajstić information content (AvgIpc) is 2.14. The molecule has 0 atom stereocenters. The molecule has 0 radical (unpaired) electrons. The van der Waals surface area contributed by atoms with Crippen molar-refractivity contribution in [3.8, 4) is 0 Å². The highest BCUT2D eigenvalue weighted by Crippen LogP contribution is 2.10. The molecule has 0 N–H and O–H groups in total. The molecule has 70 valence electrons. The molecule has 3 nitrogen and oxygen atoms in total. The van der Waals surface area contributed by atoms with E-state index in [2.05, 4.69) is 42.0 Å². The van der Waals surface area contributed by atoms with E-state index in [0.29, 0.717) is 5.33 Å². The van der Waals surface area contributed by atoms with E-state index >= 15 is 0 Å². The van der Waals surface area contributed by atoms with Crippen molar-refractivity contribution >= 4 is 37.6 Å².